The van der Waals surface area contributed by atoms with Gasteiger partial charge in [0, 0.05) is 19.6 Å². The number of benzene rings is 1. The number of likely N-dealkylation sites (tertiary alicyclic amines) is 1. The van der Waals surface area contributed by atoms with Gasteiger partial charge in [-0.1, -0.05) is 25.1 Å². The molecule has 1 N–H and O–H groups in total. The highest BCUT2D eigenvalue weighted by Crippen LogP contribution is 2.17. The second kappa shape index (κ2) is 9.35. The van der Waals surface area contributed by atoms with Gasteiger partial charge in [0.15, 0.2) is 0 Å². The first-order valence-electron chi connectivity index (χ1n) is 9.74. The van der Waals surface area contributed by atoms with Gasteiger partial charge in [-0.15, -0.1) is 0 Å². The molecule has 1 saturated heterocycles. The molecule has 3 rings (SSSR count). The van der Waals surface area contributed by atoms with Gasteiger partial charge in [-0.05, 0) is 55.0 Å². The number of hydrogen-bond donors (Lipinski definition) is 1. The standard InChI is InChI=1S/C22H27N3O3/c1-16-6-5-13-25(15-16)22(27)20-10-4-9-19(24-20)21(26)23-12-11-17-7-3-8-18(14-17)28-2/h3-4,7-10,14,16H,5-6,11-13,15H2,1-2H3,(H,23,26). The Morgan fingerprint density at radius 1 is 1.21 bits per heavy atom. The van der Waals surface area contributed by atoms with Crippen molar-refractivity contribution in [3.63, 3.8) is 0 Å². The van der Waals surface area contributed by atoms with Crippen molar-refractivity contribution < 1.29 is 14.3 Å². The van der Waals surface area contributed by atoms with Crippen LogP contribution in [0.1, 0.15) is 46.3 Å². The average Bonchev–Trinajstić information content (AvgIpc) is 2.73. The molecule has 1 aliphatic heterocycles. The second-order valence-corrected chi connectivity index (χ2v) is 7.26. The Morgan fingerprint density at radius 2 is 2.00 bits per heavy atom. The third kappa shape index (κ3) is 5.09. The topological polar surface area (TPSA) is 71.5 Å². The fourth-order valence-electron chi connectivity index (χ4n) is 3.46. The van der Waals surface area contributed by atoms with Gasteiger partial charge in [-0.3, -0.25) is 9.59 Å². The molecule has 0 spiro atoms. The van der Waals surface area contributed by atoms with Crippen molar-refractivity contribution in [1.29, 1.82) is 0 Å². The van der Waals surface area contributed by atoms with Crippen molar-refractivity contribution in [2.24, 2.45) is 5.92 Å². The van der Waals surface area contributed by atoms with E-state index in [0.717, 1.165) is 37.2 Å². The average molecular weight is 381 g/mol. The summed E-state index contributed by atoms with van der Waals surface area (Å²) in [6, 6.07) is 12.8. The smallest absolute Gasteiger partial charge is 0.272 e. The van der Waals surface area contributed by atoms with Crippen molar-refractivity contribution in [1.82, 2.24) is 15.2 Å². The number of aromatic nitrogens is 1. The van der Waals surface area contributed by atoms with Gasteiger partial charge < -0.3 is 15.0 Å². The monoisotopic (exact) mass is 381 g/mol. The molecule has 2 heterocycles. The maximum Gasteiger partial charge on any atom is 0.272 e. The van der Waals surface area contributed by atoms with Crippen LogP contribution in [0.5, 0.6) is 5.75 Å². The first-order valence-corrected chi connectivity index (χ1v) is 9.74. The van der Waals surface area contributed by atoms with Crippen LogP contribution in [-0.2, 0) is 6.42 Å². The lowest BCUT2D eigenvalue weighted by molar-refractivity contribution is 0.0677. The Balaban J connectivity index is 1.58. The molecule has 0 aliphatic carbocycles. The summed E-state index contributed by atoms with van der Waals surface area (Å²) in [5.74, 6) is 0.923. The van der Waals surface area contributed by atoms with Crippen LogP contribution in [-0.4, -0.2) is 48.4 Å². The zero-order valence-corrected chi connectivity index (χ0v) is 16.5. The Kier molecular flexibility index (Phi) is 6.63. The molecule has 1 aromatic heterocycles. The molecule has 1 aliphatic rings. The summed E-state index contributed by atoms with van der Waals surface area (Å²) in [5.41, 5.74) is 1.67. The Bertz CT molecular complexity index is 837. The van der Waals surface area contributed by atoms with E-state index in [1.807, 2.05) is 29.2 Å². The third-order valence-electron chi connectivity index (χ3n) is 4.98. The summed E-state index contributed by atoms with van der Waals surface area (Å²) in [5, 5.41) is 2.87. The van der Waals surface area contributed by atoms with E-state index in [0.29, 0.717) is 24.6 Å². The van der Waals surface area contributed by atoms with Crippen molar-refractivity contribution in [2.75, 3.05) is 26.7 Å². The summed E-state index contributed by atoms with van der Waals surface area (Å²) in [6.07, 6.45) is 2.84. The van der Waals surface area contributed by atoms with Crippen molar-refractivity contribution in [3.8, 4) is 5.75 Å². The van der Waals surface area contributed by atoms with E-state index in [1.54, 1.807) is 25.3 Å². The first-order chi connectivity index (χ1) is 13.6. The highest BCUT2D eigenvalue weighted by Gasteiger charge is 2.23. The Morgan fingerprint density at radius 3 is 2.79 bits per heavy atom. The Hall–Kier alpha value is -2.89. The Labute approximate surface area is 165 Å². The van der Waals surface area contributed by atoms with Crippen LogP contribution in [0.2, 0.25) is 0 Å². The molecule has 1 unspecified atom stereocenters. The number of carbonyl (C=O) groups is 2. The van der Waals surface area contributed by atoms with Gasteiger partial charge in [-0.25, -0.2) is 4.98 Å². The predicted octanol–water partition coefficient (Wildman–Crippen LogP) is 2.93. The molecule has 148 valence electrons. The third-order valence-corrected chi connectivity index (χ3v) is 4.98. The minimum atomic E-state index is -0.274. The van der Waals surface area contributed by atoms with Crippen LogP contribution < -0.4 is 10.1 Å². The summed E-state index contributed by atoms with van der Waals surface area (Å²) in [4.78, 5) is 31.3. The summed E-state index contributed by atoms with van der Waals surface area (Å²) in [6.45, 7) is 4.13. The fraction of sp³-hybridized carbons (Fsp3) is 0.409. The number of methoxy groups -OCH3 is 1. The van der Waals surface area contributed by atoms with Crippen LogP contribution in [0.3, 0.4) is 0 Å². The summed E-state index contributed by atoms with van der Waals surface area (Å²) in [7, 11) is 1.63. The van der Waals surface area contributed by atoms with Crippen LogP contribution >= 0.6 is 0 Å². The summed E-state index contributed by atoms with van der Waals surface area (Å²) < 4.78 is 5.21. The van der Waals surface area contributed by atoms with E-state index in [1.165, 1.54) is 0 Å². The van der Waals surface area contributed by atoms with E-state index in [4.69, 9.17) is 4.74 Å². The first kappa shape index (κ1) is 19.9. The number of hydrogen-bond acceptors (Lipinski definition) is 4. The number of pyridine rings is 1. The maximum atomic E-state index is 12.7. The van der Waals surface area contributed by atoms with Crippen LogP contribution in [0.15, 0.2) is 42.5 Å². The number of carbonyl (C=O) groups excluding carboxylic acids is 2. The van der Waals surface area contributed by atoms with E-state index < -0.39 is 0 Å². The number of rotatable bonds is 6. The number of nitrogens with zero attached hydrogens (tertiary/aromatic N) is 2. The van der Waals surface area contributed by atoms with E-state index in [-0.39, 0.29) is 17.5 Å². The van der Waals surface area contributed by atoms with Gasteiger partial charge in [0.05, 0.1) is 7.11 Å². The zero-order chi connectivity index (χ0) is 19.9. The SMILES string of the molecule is COc1cccc(CCNC(=O)c2cccc(C(=O)N3CCCC(C)C3)n2)c1. The maximum absolute atomic E-state index is 12.7. The molecule has 1 aromatic carbocycles. The zero-order valence-electron chi connectivity index (χ0n) is 16.5. The molecule has 1 atom stereocenters. The largest absolute Gasteiger partial charge is 0.497 e. The molecule has 6 nitrogen and oxygen atoms in total. The molecule has 0 saturated carbocycles. The van der Waals surface area contributed by atoms with Gasteiger partial charge in [0.2, 0.25) is 0 Å². The number of ether oxygens (including phenoxy) is 1. The van der Waals surface area contributed by atoms with Crippen molar-refractivity contribution >= 4 is 11.8 Å². The van der Waals surface area contributed by atoms with Crippen LogP contribution in [0, 0.1) is 5.92 Å². The molecule has 0 radical (unpaired) electrons. The quantitative estimate of drug-likeness (QED) is 0.835. The lowest BCUT2D eigenvalue weighted by Crippen LogP contribution is -2.39. The minimum absolute atomic E-state index is 0.0995. The highest BCUT2D eigenvalue weighted by molar-refractivity contribution is 5.96. The number of nitrogens with one attached hydrogen (secondary N) is 1. The predicted molar refractivity (Wildman–Crippen MR) is 108 cm³/mol. The minimum Gasteiger partial charge on any atom is -0.497 e. The number of piperidine rings is 1. The summed E-state index contributed by atoms with van der Waals surface area (Å²) >= 11 is 0. The van der Waals surface area contributed by atoms with E-state index in [9.17, 15) is 9.59 Å². The fourth-order valence-corrected chi connectivity index (χ4v) is 3.46. The second-order valence-electron chi connectivity index (χ2n) is 7.26. The van der Waals surface area contributed by atoms with E-state index in [2.05, 4.69) is 17.2 Å². The molecule has 0 bridgehead atoms. The molecule has 6 heteroatoms. The molecular formula is C22H27N3O3. The normalized spacial score (nSPS) is 16.5. The molecule has 2 amide bonds. The molecular weight excluding hydrogens is 354 g/mol. The molecule has 28 heavy (non-hydrogen) atoms. The van der Waals surface area contributed by atoms with Gasteiger partial charge >= 0.3 is 0 Å². The van der Waals surface area contributed by atoms with Crippen LogP contribution in [0.25, 0.3) is 0 Å². The number of amides is 2. The van der Waals surface area contributed by atoms with E-state index >= 15 is 0 Å². The van der Waals surface area contributed by atoms with Crippen molar-refractivity contribution in [2.45, 2.75) is 26.2 Å². The highest BCUT2D eigenvalue weighted by atomic mass is 16.5. The molecule has 1 fully saturated rings. The lowest BCUT2D eigenvalue weighted by atomic mass is 10.00. The van der Waals surface area contributed by atoms with Gasteiger partial charge in [0.25, 0.3) is 11.8 Å². The van der Waals surface area contributed by atoms with Crippen LogP contribution in [0.4, 0.5) is 0 Å². The van der Waals surface area contributed by atoms with Crippen molar-refractivity contribution in [3.05, 3.63) is 59.4 Å². The van der Waals surface area contributed by atoms with Gasteiger partial charge in [-0.2, -0.15) is 0 Å². The van der Waals surface area contributed by atoms with Gasteiger partial charge in [0.1, 0.15) is 17.1 Å². The lowest BCUT2D eigenvalue weighted by Gasteiger charge is -2.30. The molecule has 2 aromatic rings.